The van der Waals surface area contributed by atoms with Gasteiger partial charge in [0.15, 0.2) is 0 Å². The summed E-state index contributed by atoms with van der Waals surface area (Å²) in [5, 5.41) is 6.14. The van der Waals surface area contributed by atoms with Crippen LogP contribution >= 0.6 is 0 Å². The Hall–Kier alpha value is -0.931. The number of aromatic nitrogens is 2. The zero-order valence-electron chi connectivity index (χ0n) is 21.7. The molecule has 0 N–H and O–H groups in total. The maximum absolute atomic E-state index is 13.0. The van der Waals surface area contributed by atoms with Crippen LogP contribution in [-0.2, 0) is 16.0 Å². The molecule has 0 saturated carbocycles. The SMILES string of the molecule is CCCC[C](CCCC)(CCCC)[Sn][c]1nn(CCC2OCCCO2)c2ccc(OC(F)F)cc12. The molecule has 1 aromatic carbocycles. The first-order chi connectivity index (χ1) is 17.0. The first-order valence-electron chi connectivity index (χ1n) is 13.5. The Morgan fingerprint density at radius 3 is 2.26 bits per heavy atom. The van der Waals surface area contributed by atoms with Gasteiger partial charge in [-0.25, -0.2) is 0 Å². The quantitative estimate of drug-likeness (QED) is 0.198. The molecule has 0 aliphatic carbocycles. The van der Waals surface area contributed by atoms with Gasteiger partial charge in [0.2, 0.25) is 0 Å². The second kappa shape index (κ2) is 14.7. The number of halogens is 2. The van der Waals surface area contributed by atoms with Crippen LogP contribution in [0.3, 0.4) is 0 Å². The molecular formula is C27H42F2N2O3Sn. The van der Waals surface area contributed by atoms with Crippen molar-refractivity contribution in [1.82, 2.24) is 9.78 Å². The van der Waals surface area contributed by atoms with Crippen molar-refractivity contribution in [2.24, 2.45) is 0 Å². The molecule has 0 bridgehead atoms. The number of unbranched alkanes of at least 4 members (excludes halogenated alkanes) is 3. The molecule has 8 heteroatoms. The van der Waals surface area contributed by atoms with Crippen LogP contribution < -0.4 is 8.45 Å². The second-order valence-corrected chi connectivity index (χ2v) is 14.8. The molecule has 3 rings (SSSR count). The summed E-state index contributed by atoms with van der Waals surface area (Å²) in [5.41, 5.74) is 0.994. The maximum atomic E-state index is 13.0. The van der Waals surface area contributed by atoms with Crippen molar-refractivity contribution in [2.75, 3.05) is 13.2 Å². The number of nitrogens with zero attached hydrogens (tertiary/aromatic N) is 2. The Balaban J connectivity index is 1.94. The molecular weight excluding hydrogens is 557 g/mol. The van der Waals surface area contributed by atoms with Gasteiger partial charge in [0.05, 0.1) is 0 Å². The third-order valence-electron chi connectivity index (χ3n) is 6.83. The Morgan fingerprint density at radius 2 is 1.69 bits per heavy atom. The van der Waals surface area contributed by atoms with Gasteiger partial charge in [0.25, 0.3) is 0 Å². The number of rotatable bonds is 16. The van der Waals surface area contributed by atoms with E-state index in [9.17, 15) is 8.78 Å². The van der Waals surface area contributed by atoms with Crippen LogP contribution in [0.4, 0.5) is 8.78 Å². The average molecular weight is 599 g/mol. The minimum atomic E-state index is -2.83. The molecule has 2 heterocycles. The summed E-state index contributed by atoms with van der Waals surface area (Å²) >= 11 is -1.16. The fraction of sp³-hybridized carbons (Fsp3) is 0.741. The predicted molar refractivity (Wildman–Crippen MR) is 138 cm³/mol. The average Bonchev–Trinajstić information content (AvgIpc) is 3.20. The summed E-state index contributed by atoms with van der Waals surface area (Å²) in [6, 6.07) is 5.31. The van der Waals surface area contributed by atoms with Gasteiger partial charge >= 0.3 is 220 Å². The molecule has 1 aliphatic heterocycles. The fourth-order valence-electron chi connectivity index (χ4n) is 4.89. The summed E-state index contributed by atoms with van der Waals surface area (Å²) in [4.78, 5) is 0. The molecule has 2 radical (unpaired) electrons. The van der Waals surface area contributed by atoms with Crippen molar-refractivity contribution in [3.8, 4) is 5.75 Å². The van der Waals surface area contributed by atoms with E-state index in [-0.39, 0.29) is 12.0 Å². The Morgan fingerprint density at radius 1 is 1.06 bits per heavy atom. The molecule has 35 heavy (non-hydrogen) atoms. The van der Waals surface area contributed by atoms with E-state index in [0.29, 0.717) is 9.98 Å². The van der Waals surface area contributed by atoms with Crippen molar-refractivity contribution in [3.05, 3.63) is 18.2 Å². The van der Waals surface area contributed by atoms with Crippen molar-refractivity contribution in [3.63, 3.8) is 0 Å². The Labute approximate surface area is 219 Å². The molecule has 1 aromatic heterocycles. The van der Waals surface area contributed by atoms with Crippen LogP contribution in [0.1, 0.15) is 91.4 Å². The fourth-order valence-corrected chi connectivity index (χ4v) is 10.3. The number of alkyl halides is 2. The molecule has 5 nitrogen and oxygen atoms in total. The Bertz CT molecular complexity index is 865. The van der Waals surface area contributed by atoms with Gasteiger partial charge in [-0.05, 0) is 0 Å². The third kappa shape index (κ3) is 8.56. The molecule has 1 aliphatic rings. The summed E-state index contributed by atoms with van der Waals surface area (Å²) in [5.74, 6) is 0.216. The van der Waals surface area contributed by atoms with Crippen LogP contribution in [0.5, 0.6) is 5.75 Å². The summed E-state index contributed by atoms with van der Waals surface area (Å²) in [6.07, 6.45) is 12.5. The number of ether oxygens (including phenoxy) is 3. The minimum absolute atomic E-state index is 0.203. The van der Waals surface area contributed by atoms with Gasteiger partial charge in [-0.3, -0.25) is 0 Å². The van der Waals surface area contributed by atoms with Crippen LogP contribution in [0.25, 0.3) is 10.9 Å². The van der Waals surface area contributed by atoms with Crippen LogP contribution in [0.15, 0.2) is 18.2 Å². The van der Waals surface area contributed by atoms with E-state index in [1.807, 2.05) is 10.7 Å². The number of benzene rings is 1. The first-order valence-corrected chi connectivity index (χ1v) is 16.3. The normalized spacial score (nSPS) is 15.4. The van der Waals surface area contributed by atoms with Crippen LogP contribution in [0.2, 0.25) is 3.43 Å². The second-order valence-electron chi connectivity index (χ2n) is 9.66. The molecule has 1 fully saturated rings. The zero-order chi connectivity index (χ0) is 25.1. The van der Waals surface area contributed by atoms with E-state index >= 15 is 0 Å². The summed E-state index contributed by atoms with van der Waals surface area (Å²) in [6.45, 7) is 6.11. The van der Waals surface area contributed by atoms with Gasteiger partial charge in [-0.15, -0.1) is 0 Å². The van der Waals surface area contributed by atoms with Gasteiger partial charge in [0.1, 0.15) is 0 Å². The van der Waals surface area contributed by atoms with Gasteiger partial charge in [0, 0.05) is 0 Å². The molecule has 0 spiro atoms. The van der Waals surface area contributed by atoms with E-state index in [2.05, 4.69) is 20.8 Å². The summed E-state index contributed by atoms with van der Waals surface area (Å²) < 4.78 is 45.8. The predicted octanol–water partition coefficient (Wildman–Crippen LogP) is 6.85. The van der Waals surface area contributed by atoms with Crippen LogP contribution in [0, 0.1) is 0 Å². The topological polar surface area (TPSA) is 45.5 Å². The van der Waals surface area contributed by atoms with Crippen molar-refractivity contribution < 1.29 is 23.0 Å². The van der Waals surface area contributed by atoms with Crippen molar-refractivity contribution in [2.45, 2.75) is 114 Å². The van der Waals surface area contributed by atoms with Crippen molar-refractivity contribution in [1.29, 1.82) is 0 Å². The number of hydrogen-bond acceptors (Lipinski definition) is 4. The number of fused-ring (bicyclic) bond motifs is 1. The van der Waals surface area contributed by atoms with Gasteiger partial charge in [-0.2, -0.15) is 0 Å². The summed E-state index contributed by atoms with van der Waals surface area (Å²) in [7, 11) is 0. The molecule has 2 aromatic rings. The molecule has 0 amide bonds. The van der Waals surface area contributed by atoms with E-state index in [1.54, 1.807) is 12.1 Å². The van der Waals surface area contributed by atoms with Gasteiger partial charge in [-0.1, -0.05) is 0 Å². The van der Waals surface area contributed by atoms with E-state index in [0.717, 1.165) is 40.7 Å². The molecule has 196 valence electrons. The van der Waals surface area contributed by atoms with E-state index in [4.69, 9.17) is 19.3 Å². The molecule has 0 atom stereocenters. The molecule has 1 saturated heterocycles. The molecule has 0 unspecified atom stereocenters. The zero-order valence-corrected chi connectivity index (χ0v) is 24.5. The van der Waals surface area contributed by atoms with Gasteiger partial charge < -0.3 is 0 Å². The standard InChI is InChI=1S/C14H15F2N2O3.C13H27.Sn/c15-14(16)21-11-2-3-12-10(8-11)9-17-18(12)5-4-13-19-6-1-7-20-13;1-4-7-10-13(11-8-5-2)12-9-6-3;/h2-3,8,13-14H,1,4-7H2;4-12H2,1-3H3;. The van der Waals surface area contributed by atoms with Crippen LogP contribution in [-0.4, -0.2) is 57.0 Å². The van der Waals surface area contributed by atoms with Crippen molar-refractivity contribution >= 4 is 35.8 Å². The van der Waals surface area contributed by atoms with E-state index in [1.165, 1.54) is 57.8 Å². The number of hydrogen-bond donors (Lipinski definition) is 0. The Kier molecular flexibility index (Phi) is 12.0. The monoisotopic (exact) mass is 600 g/mol. The van der Waals surface area contributed by atoms with E-state index < -0.39 is 27.8 Å². The first kappa shape index (κ1) is 28.6. The third-order valence-corrected chi connectivity index (χ3v) is 12.2. The number of aryl methyl sites for hydroxylation is 1.